The summed E-state index contributed by atoms with van der Waals surface area (Å²) in [4.78, 5) is 25.8. The molecule has 0 amide bonds. The molecular formula is C24H28N8O. The van der Waals surface area contributed by atoms with Crippen molar-refractivity contribution in [1.29, 1.82) is 0 Å². The van der Waals surface area contributed by atoms with E-state index in [2.05, 4.69) is 66.1 Å². The average Bonchev–Trinajstić information content (AvgIpc) is 3.25. The van der Waals surface area contributed by atoms with Crippen LogP contribution in [0.25, 0.3) is 22.3 Å². The molecule has 1 aliphatic rings. The Morgan fingerprint density at radius 3 is 2.70 bits per heavy atom. The molecule has 1 aromatic carbocycles. The lowest BCUT2D eigenvalue weighted by Gasteiger charge is -2.36. The van der Waals surface area contributed by atoms with Crippen LogP contribution in [0.5, 0.6) is 5.88 Å². The molecule has 0 bridgehead atoms. The molecule has 0 aliphatic carbocycles. The van der Waals surface area contributed by atoms with Crippen molar-refractivity contribution < 1.29 is 4.74 Å². The highest BCUT2D eigenvalue weighted by atomic mass is 16.5. The van der Waals surface area contributed by atoms with Gasteiger partial charge in [0.05, 0.1) is 23.8 Å². The summed E-state index contributed by atoms with van der Waals surface area (Å²) in [6.07, 6.45) is 3.35. The number of H-pyrrole nitrogens is 1. The first-order chi connectivity index (χ1) is 16.1. The van der Waals surface area contributed by atoms with Crippen LogP contribution in [0.2, 0.25) is 0 Å². The second-order valence-electron chi connectivity index (χ2n) is 8.38. The third-order valence-corrected chi connectivity index (χ3v) is 6.23. The monoisotopic (exact) mass is 444 g/mol. The smallest absolute Gasteiger partial charge is 0.216 e. The van der Waals surface area contributed by atoms with Gasteiger partial charge in [0, 0.05) is 50.0 Å². The van der Waals surface area contributed by atoms with Crippen molar-refractivity contribution in [3.05, 3.63) is 54.5 Å². The van der Waals surface area contributed by atoms with Gasteiger partial charge >= 0.3 is 0 Å². The standard InChI is InChI=1S/C24H28N8O/c1-16(32-10-8-31(2)9-11-32)17-6-7-25-22(13-17)30-24-28-19-5-4-18(12-21(19)29-24)20-14-23(33-3)27-15-26-20/h4-7,12-16H,8-11H2,1-3H3,(H2,25,28,29,30). The third-order valence-electron chi connectivity index (χ3n) is 6.23. The van der Waals surface area contributed by atoms with Crippen molar-refractivity contribution in [1.82, 2.24) is 34.7 Å². The molecule has 1 atom stereocenters. The normalized spacial score (nSPS) is 16.1. The Hall–Kier alpha value is -3.56. The predicted molar refractivity (Wildman–Crippen MR) is 129 cm³/mol. The molecule has 3 aromatic heterocycles. The maximum Gasteiger partial charge on any atom is 0.216 e. The van der Waals surface area contributed by atoms with Crippen molar-refractivity contribution in [3.63, 3.8) is 0 Å². The number of likely N-dealkylation sites (N-methyl/N-ethyl adjacent to an activating group) is 1. The van der Waals surface area contributed by atoms with Gasteiger partial charge in [-0.2, -0.15) is 0 Å². The molecule has 4 heterocycles. The van der Waals surface area contributed by atoms with Crippen molar-refractivity contribution in [3.8, 4) is 17.1 Å². The number of hydrogen-bond acceptors (Lipinski definition) is 8. The summed E-state index contributed by atoms with van der Waals surface area (Å²) in [5.74, 6) is 1.96. The van der Waals surface area contributed by atoms with Crippen molar-refractivity contribution in [2.75, 3.05) is 45.7 Å². The number of methoxy groups -OCH3 is 1. The Morgan fingerprint density at radius 2 is 1.88 bits per heavy atom. The van der Waals surface area contributed by atoms with Gasteiger partial charge in [0.2, 0.25) is 11.8 Å². The maximum atomic E-state index is 5.21. The number of nitrogens with zero attached hydrogens (tertiary/aromatic N) is 6. The molecular weight excluding hydrogens is 416 g/mol. The molecule has 0 spiro atoms. The number of hydrogen-bond donors (Lipinski definition) is 2. The minimum absolute atomic E-state index is 0.338. The van der Waals surface area contributed by atoms with Crippen molar-refractivity contribution in [2.45, 2.75) is 13.0 Å². The van der Waals surface area contributed by atoms with E-state index < -0.39 is 0 Å². The molecule has 1 fully saturated rings. The Balaban J connectivity index is 1.34. The van der Waals surface area contributed by atoms with Crippen LogP contribution in [0, 0.1) is 0 Å². The zero-order chi connectivity index (χ0) is 22.8. The second-order valence-corrected chi connectivity index (χ2v) is 8.38. The molecule has 1 saturated heterocycles. The van der Waals surface area contributed by atoms with Gasteiger partial charge < -0.3 is 19.9 Å². The lowest BCUT2D eigenvalue weighted by atomic mass is 10.1. The van der Waals surface area contributed by atoms with Crippen LogP contribution < -0.4 is 10.1 Å². The number of fused-ring (bicyclic) bond motifs is 1. The van der Waals surface area contributed by atoms with Gasteiger partial charge in [-0.25, -0.2) is 19.9 Å². The van der Waals surface area contributed by atoms with E-state index in [4.69, 9.17) is 4.74 Å². The lowest BCUT2D eigenvalue weighted by molar-refractivity contribution is 0.119. The average molecular weight is 445 g/mol. The molecule has 170 valence electrons. The molecule has 4 aromatic rings. The summed E-state index contributed by atoms with van der Waals surface area (Å²) in [5.41, 5.74) is 4.77. The fourth-order valence-electron chi connectivity index (χ4n) is 4.15. The highest BCUT2D eigenvalue weighted by Crippen LogP contribution is 2.27. The van der Waals surface area contributed by atoms with Gasteiger partial charge in [0.25, 0.3) is 0 Å². The number of piperazine rings is 1. The summed E-state index contributed by atoms with van der Waals surface area (Å²) in [7, 11) is 3.77. The maximum absolute atomic E-state index is 5.21. The zero-order valence-electron chi connectivity index (χ0n) is 19.1. The molecule has 0 saturated carbocycles. The Morgan fingerprint density at radius 1 is 1.03 bits per heavy atom. The van der Waals surface area contributed by atoms with Gasteiger partial charge in [-0.15, -0.1) is 0 Å². The molecule has 1 aliphatic heterocycles. The van der Waals surface area contributed by atoms with Crippen molar-refractivity contribution >= 4 is 22.8 Å². The van der Waals surface area contributed by atoms with Crippen LogP contribution in [0.15, 0.2) is 48.9 Å². The first kappa shape index (κ1) is 21.3. The number of anilines is 2. The van der Waals surface area contributed by atoms with E-state index in [1.165, 1.54) is 11.9 Å². The van der Waals surface area contributed by atoms with Crippen LogP contribution in [0.1, 0.15) is 18.5 Å². The first-order valence-electron chi connectivity index (χ1n) is 11.1. The summed E-state index contributed by atoms with van der Waals surface area (Å²) in [6, 6.07) is 12.3. The number of aromatic nitrogens is 5. The van der Waals surface area contributed by atoms with Crippen LogP contribution in [-0.4, -0.2) is 75.1 Å². The summed E-state index contributed by atoms with van der Waals surface area (Å²) >= 11 is 0. The number of pyridine rings is 1. The number of imidazole rings is 1. The molecule has 33 heavy (non-hydrogen) atoms. The Labute approximate surface area is 192 Å². The summed E-state index contributed by atoms with van der Waals surface area (Å²) in [5, 5.41) is 3.33. The predicted octanol–water partition coefficient (Wildman–Crippen LogP) is 3.48. The molecule has 9 heteroatoms. The fourth-order valence-corrected chi connectivity index (χ4v) is 4.15. The topological polar surface area (TPSA) is 95.1 Å². The lowest BCUT2D eigenvalue weighted by Crippen LogP contribution is -2.45. The van der Waals surface area contributed by atoms with Gasteiger partial charge in [0.15, 0.2) is 0 Å². The molecule has 2 N–H and O–H groups in total. The Bertz CT molecular complexity index is 1250. The van der Waals surface area contributed by atoms with E-state index in [1.54, 1.807) is 7.11 Å². The van der Waals surface area contributed by atoms with E-state index >= 15 is 0 Å². The SMILES string of the molecule is COc1cc(-c2ccc3nc(Nc4cc(C(C)N5CCN(C)CC5)ccn4)[nH]c3c2)ncn1. The number of nitrogens with one attached hydrogen (secondary N) is 2. The number of benzene rings is 1. The number of ether oxygens (including phenoxy) is 1. The highest BCUT2D eigenvalue weighted by Gasteiger charge is 2.20. The van der Waals surface area contributed by atoms with Crippen molar-refractivity contribution in [2.24, 2.45) is 0 Å². The molecule has 1 unspecified atom stereocenters. The minimum Gasteiger partial charge on any atom is -0.481 e. The number of rotatable bonds is 6. The van der Waals surface area contributed by atoms with Gasteiger partial charge in [-0.05, 0) is 43.8 Å². The van der Waals surface area contributed by atoms with Crippen LogP contribution in [0.3, 0.4) is 0 Å². The summed E-state index contributed by atoms with van der Waals surface area (Å²) in [6.45, 7) is 6.61. The van der Waals surface area contributed by atoms with E-state index in [1.807, 2.05) is 30.5 Å². The van der Waals surface area contributed by atoms with E-state index in [0.29, 0.717) is 17.9 Å². The Kier molecular flexibility index (Phi) is 5.89. The second kappa shape index (κ2) is 9.13. The van der Waals surface area contributed by atoms with Crippen LogP contribution in [0.4, 0.5) is 11.8 Å². The van der Waals surface area contributed by atoms with E-state index in [-0.39, 0.29) is 0 Å². The molecule has 9 nitrogen and oxygen atoms in total. The zero-order valence-corrected chi connectivity index (χ0v) is 19.1. The van der Waals surface area contributed by atoms with Crippen LogP contribution in [-0.2, 0) is 0 Å². The van der Waals surface area contributed by atoms with Crippen LogP contribution >= 0.6 is 0 Å². The number of aromatic amines is 1. The minimum atomic E-state index is 0.338. The van der Waals surface area contributed by atoms with E-state index in [9.17, 15) is 0 Å². The highest BCUT2D eigenvalue weighted by molar-refractivity contribution is 5.83. The first-order valence-corrected chi connectivity index (χ1v) is 11.1. The largest absolute Gasteiger partial charge is 0.481 e. The third kappa shape index (κ3) is 4.64. The quantitative estimate of drug-likeness (QED) is 0.467. The molecule has 0 radical (unpaired) electrons. The summed E-state index contributed by atoms with van der Waals surface area (Å²) < 4.78 is 5.21. The fraction of sp³-hybridized carbons (Fsp3) is 0.333. The van der Waals surface area contributed by atoms with Gasteiger partial charge in [-0.1, -0.05) is 6.07 Å². The van der Waals surface area contributed by atoms with Gasteiger partial charge in [0.1, 0.15) is 12.1 Å². The van der Waals surface area contributed by atoms with E-state index in [0.717, 1.165) is 54.3 Å². The van der Waals surface area contributed by atoms with Gasteiger partial charge in [-0.3, -0.25) is 4.90 Å². The molecule has 5 rings (SSSR count).